The highest BCUT2D eigenvalue weighted by atomic mass is 32.2. The quantitative estimate of drug-likeness (QED) is 0.591. The third-order valence-corrected chi connectivity index (χ3v) is 3.48. The summed E-state index contributed by atoms with van der Waals surface area (Å²) in [5, 5.41) is 3.21. The number of nitrogen functional groups attached to an aromatic ring is 1. The highest BCUT2D eigenvalue weighted by molar-refractivity contribution is 7.98. The molecule has 0 aromatic heterocycles. The van der Waals surface area contributed by atoms with Gasteiger partial charge in [0.15, 0.2) is 0 Å². The number of rotatable bonds is 4. The standard InChI is InChI=1S/C14H15N3OS/c1-19-13-5-3-2-4-11(13)17-12-8-9(15)6-7-10(12)14(16)18/h2-8,17H,15H2,1H3,(H2,16,18). The van der Waals surface area contributed by atoms with Gasteiger partial charge in [-0.2, -0.15) is 0 Å². The summed E-state index contributed by atoms with van der Waals surface area (Å²) < 4.78 is 0. The molecule has 0 heterocycles. The molecule has 0 aliphatic heterocycles. The second-order valence-electron chi connectivity index (χ2n) is 3.99. The Kier molecular flexibility index (Phi) is 3.97. The fourth-order valence-corrected chi connectivity index (χ4v) is 2.33. The predicted octanol–water partition coefficient (Wildman–Crippen LogP) is 2.83. The van der Waals surface area contributed by atoms with Crippen molar-refractivity contribution < 1.29 is 4.79 Å². The summed E-state index contributed by atoms with van der Waals surface area (Å²) in [4.78, 5) is 12.5. The zero-order valence-corrected chi connectivity index (χ0v) is 11.3. The van der Waals surface area contributed by atoms with E-state index in [-0.39, 0.29) is 0 Å². The van der Waals surface area contributed by atoms with E-state index in [0.29, 0.717) is 16.9 Å². The van der Waals surface area contributed by atoms with Gasteiger partial charge in [0.05, 0.1) is 16.9 Å². The number of primary amides is 1. The minimum atomic E-state index is -0.482. The molecule has 0 bridgehead atoms. The first kappa shape index (κ1) is 13.3. The van der Waals surface area contributed by atoms with Crippen LogP contribution in [0.4, 0.5) is 17.1 Å². The van der Waals surface area contributed by atoms with E-state index in [1.54, 1.807) is 30.0 Å². The van der Waals surface area contributed by atoms with Crippen molar-refractivity contribution in [2.24, 2.45) is 5.73 Å². The van der Waals surface area contributed by atoms with Gasteiger partial charge in [-0.15, -0.1) is 11.8 Å². The van der Waals surface area contributed by atoms with Crippen LogP contribution in [0.1, 0.15) is 10.4 Å². The largest absolute Gasteiger partial charge is 0.399 e. The molecule has 4 nitrogen and oxygen atoms in total. The third kappa shape index (κ3) is 3.00. The molecular weight excluding hydrogens is 258 g/mol. The van der Waals surface area contributed by atoms with Crippen molar-refractivity contribution in [1.82, 2.24) is 0 Å². The van der Waals surface area contributed by atoms with Gasteiger partial charge in [0.25, 0.3) is 5.91 Å². The number of benzene rings is 2. The molecule has 0 aliphatic carbocycles. The SMILES string of the molecule is CSc1ccccc1Nc1cc(N)ccc1C(N)=O. The molecular formula is C14H15N3OS. The van der Waals surface area contributed by atoms with Crippen LogP contribution in [0.2, 0.25) is 0 Å². The Balaban J connectivity index is 2.42. The van der Waals surface area contributed by atoms with Gasteiger partial charge in [0.2, 0.25) is 0 Å². The Labute approximate surface area is 116 Å². The lowest BCUT2D eigenvalue weighted by Crippen LogP contribution is -2.13. The maximum absolute atomic E-state index is 11.4. The highest BCUT2D eigenvalue weighted by Crippen LogP contribution is 2.30. The van der Waals surface area contributed by atoms with E-state index in [1.807, 2.05) is 30.5 Å². The second kappa shape index (κ2) is 5.67. The number of carbonyl (C=O) groups is 1. The van der Waals surface area contributed by atoms with Crippen molar-refractivity contribution in [1.29, 1.82) is 0 Å². The summed E-state index contributed by atoms with van der Waals surface area (Å²) in [5.41, 5.74) is 13.7. The maximum atomic E-state index is 11.4. The fraction of sp³-hybridized carbons (Fsp3) is 0.0714. The lowest BCUT2D eigenvalue weighted by molar-refractivity contribution is 0.100. The van der Waals surface area contributed by atoms with E-state index in [2.05, 4.69) is 5.32 Å². The van der Waals surface area contributed by atoms with E-state index in [0.717, 1.165) is 10.6 Å². The molecule has 1 amide bonds. The first-order valence-corrected chi connectivity index (χ1v) is 6.93. The first-order chi connectivity index (χ1) is 9.11. The van der Waals surface area contributed by atoms with Crippen LogP contribution in [-0.4, -0.2) is 12.2 Å². The summed E-state index contributed by atoms with van der Waals surface area (Å²) in [6.07, 6.45) is 1.99. The van der Waals surface area contributed by atoms with Crippen molar-refractivity contribution in [2.75, 3.05) is 17.3 Å². The molecule has 2 aromatic carbocycles. The molecule has 98 valence electrons. The molecule has 0 saturated heterocycles. The van der Waals surface area contributed by atoms with Crippen molar-refractivity contribution in [3.8, 4) is 0 Å². The molecule has 5 N–H and O–H groups in total. The number of hydrogen-bond acceptors (Lipinski definition) is 4. The number of nitrogens with one attached hydrogen (secondary N) is 1. The van der Waals surface area contributed by atoms with Gasteiger partial charge in [0.1, 0.15) is 0 Å². The van der Waals surface area contributed by atoms with Gasteiger partial charge >= 0.3 is 0 Å². The van der Waals surface area contributed by atoms with Gasteiger partial charge in [-0.25, -0.2) is 0 Å². The molecule has 2 rings (SSSR count). The van der Waals surface area contributed by atoms with Crippen LogP contribution in [0.25, 0.3) is 0 Å². The van der Waals surface area contributed by atoms with E-state index >= 15 is 0 Å². The van der Waals surface area contributed by atoms with Crippen molar-refractivity contribution in [3.63, 3.8) is 0 Å². The molecule has 0 aliphatic rings. The molecule has 19 heavy (non-hydrogen) atoms. The topological polar surface area (TPSA) is 81.1 Å². The second-order valence-corrected chi connectivity index (χ2v) is 4.84. The first-order valence-electron chi connectivity index (χ1n) is 5.71. The minimum absolute atomic E-state index is 0.421. The zero-order chi connectivity index (χ0) is 13.8. The van der Waals surface area contributed by atoms with Crippen molar-refractivity contribution >= 4 is 34.7 Å². The van der Waals surface area contributed by atoms with E-state index in [1.165, 1.54) is 0 Å². The van der Waals surface area contributed by atoms with Crippen LogP contribution >= 0.6 is 11.8 Å². The average Bonchev–Trinajstić information content (AvgIpc) is 2.39. The Morgan fingerprint density at radius 1 is 1.16 bits per heavy atom. The lowest BCUT2D eigenvalue weighted by atomic mass is 10.1. The summed E-state index contributed by atoms with van der Waals surface area (Å²) in [6, 6.07) is 12.8. The summed E-state index contributed by atoms with van der Waals surface area (Å²) in [5.74, 6) is -0.482. The minimum Gasteiger partial charge on any atom is -0.399 e. The summed E-state index contributed by atoms with van der Waals surface area (Å²) in [6.45, 7) is 0. The number of thioether (sulfide) groups is 1. The number of hydrogen-bond donors (Lipinski definition) is 3. The summed E-state index contributed by atoms with van der Waals surface area (Å²) in [7, 11) is 0. The van der Waals surface area contributed by atoms with E-state index < -0.39 is 5.91 Å². The number of carbonyl (C=O) groups excluding carboxylic acids is 1. The molecule has 0 spiro atoms. The fourth-order valence-electron chi connectivity index (χ4n) is 1.77. The van der Waals surface area contributed by atoms with Crippen LogP contribution in [0, 0.1) is 0 Å². The Morgan fingerprint density at radius 2 is 1.89 bits per heavy atom. The molecule has 2 aromatic rings. The van der Waals surface area contributed by atoms with Gasteiger partial charge in [0, 0.05) is 10.6 Å². The zero-order valence-electron chi connectivity index (χ0n) is 10.5. The monoisotopic (exact) mass is 273 g/mol. The average molecular weight is 273 g/mol. The Hall–Kier alpha value is -2.14. The highest BCUT2D eigenvalue weighted by Gasteiger charge is 2.10. The van der Waals surface area contributed by atoms with E-state index in [4.69, 9.17) is 11.5 Å². The number of amides is 1. The van der Waals surface area contributed by atoms with Gasteiger partial charge in [-0.3, -0.25) is 4.79 Å². The van der Waals surface area contributed by atoms with Crippen molar-refractivity contribution in [2.45, 2.75) is 4.90 Å². The smallest absolute Gasteiger partial charge is 0.250 e. The maximum Gasteiger partial charge on any atom is 0.250 e. The lowest BCUT2D eigenvalue weighted by Gasteiger charge is -2.13. The predicted molar refractivity (Wildman–Crippen MR) is 80.9 cm³/mol. The normalized spacial score (nSPS) is 10.2. The Morgan fingerprint density at radius 3 is 2.58 bits per heavy atom. The van der Waals surface area contributed by atoms with Gasteiger partial charge in [-0.05, 0) is 36.6 Å². The summed E-state index contributed by atoms with van der Waals surface area (Å²) >= 11 is 1.62. The molecule has 5 heteroatoms. The number of para-hydroxylation sites is 1. The third-order valence-electron chi connectivity index (χ3n) is 2.69. The molecule has 0 atom stereocenters. The van der Waals surface area contributed by atoms with Crippen LogP contribution in [0.15, 0.2) is 47.4 Å². The van der Waals surface area contributed by atoms with Crippen LogP contribution in [0.3, 0.4) is 0 Å². The van der Waals surface area contributed by atoms with Gasteiger partial charge in [-0.1, -0.05) is 12.1 Å². The van der Waals surface area contributed by atoms with E-state index in [9.17, 15) is 4.79 Å². The molecule has 0 saturated carbocycles. The number of anilines is 3. The van der Waals surface area contributed by atoms with Crippen LogP contribution < -0.4 is 16.8 Å². The number of nitrogens with two attached hydrogens (primary N) is 2. The van der Waals surface area contributed by atoms with Crippen LogP contribution in [0.5, 0.6) is 0 Å². The molecule has 0 unspecified atom stereocenters. The Bertz CT molecular complexity index is 613. The molecule has 0 fully saturated rings. The van der Waals surface area contributed by atoms with Crippen LogP contribution in [-0.2, 0) is 0 Å². The molecule has 0 radical (unpaired) electrons. The van der Waals surface area contributed by atoms with Gasteiger partial charge < -0.3 is 16.8 Å². The van der Waals surface area contributed by atoms with Crippen molar-refractivity contribution in [3.05, 3.63) is 48.0 Å².